The Labute approximate surface area is 276 Å². The summed E-state index contributed by atoms with van der Waals surface area (Å²) in [7, 11) is 0. The minimum Gasteiger partial charge on any atom is -0.550 e. The van der Waals surface area contributed by atoms with Crippen LogP contribution >= 0.6 is 0 Å². The third kappa shape index (κ3) is 22.3. The van der Waals surface area contributed by atoms with Crippen molar-refractivity contribution in [1.82, 2.24) is 0 Å². The molecule has 0 amide bonds. The first-order valence-corrected chi connectivity index (χ1v) is 18.8. The molecule has 0 saturated carbocycles. The van der Waals surface area contributed by atoms with Crippen LogP contribution in [0, 0.1) is 17.8 Å². The number of rotatable bonds is 33. The Morgan fingerprint density at radius 1 is 0.533 bits per heavy atom. The molecule has 2 N–H and O–H groups in total. The fourth-order valence-electron chi connectivity index (χ4n) is 6.61. The number of nitrogens with zero attached hydrogens (tertiary/aromatic N) is 1. The maximum atomic E-state index is 12.0. The van der Waals surface area contributed by atoms with E-state index in [0.717, 1.165) is 32.1 Å². The summed E-state index contributed by atoms with van der Waals surface area (Å²) in [6.45, 7) is 9.04. The van der Waals surface area contributed by atoms with Crippen LogP contribution in [0.2, 0.25) is 0 Å². The van der Waals surface area contributed by atoms with E-state index < -0.39 is 35.7 Å². The minimum atomic E-state index is -1.14. The number of hydrogen-bond acceptors (Lipinski definition) is 4. The molecule has 3 atom stereocenters. The lowest BCUT2D eigenvalue weighted by Crippen LogP contribution is -2.59. The van der Waals surface area contributed by atoms with E-state index in [9.17, 15) is 29.7 Å². The second-order valence-electron chi connectivity index (χ2n) is 13.6. The highest BCUT2D eigenvalue weighted by molar-refractivity contribution is 5.70. The van der Waals surface area contributed by atoms with Crippen molar-refractivity contribution in [2.45, 2.75) is 169 Å². The van der Waals surface area contributed by atoms with E-state index in [2.05, 4.69) is 19.1 Å². The molecule has 7 nitrogen and oxygen atoms in total. The second-order valence-corrected chi connectivity index (χ2v) is 13.6. The van der Waals surface area contributed by atoms with Crippen LogP contribution in [0.5, 0.6) is 0 Å². The fraction of sp³-hybridized carbons (Fsp3) is 0.868. The first-order valence-electron chi connectivity index (χ1n) is 18.8. The fourth-order valence-corrected chi connectivity index (χ4v) is 6.61. The van der Waals surface area contributed by atoms with Gasteiger partial charge in [0.25, 0.3) is 0 Å². The molecule has 0 aromatic heterocycles. The van der Waals surface area contributed by atoms with E-state index in [-0.39, 0.29) is 24.1 Å². The first kappa shape index (κ1) is 43.1. The van der Waals surface area contributed by atoms with Gasteiger partial charge < -0.3 is 24.6 Å². The third-order valence-corrected chi connectivity index (χ3v) is 9.73. The van der Waals surface area contributed by atoms with Crippen molar-refractivity contribution in [3.63, 3.8) is 0 Å². The van der Waals surface area contributed by atoms with E-state index in [1.54, 1.807) is 6.92 Å². The van der Waals surface area contributed by atoms with Gasteiger partial charge in [-0.05, 0) is 57.8 Å². The number of aliphatic carboxylic acids is 3. The minimum absolute atomic E-state index is 0.214. The van der Waals surface area contributed by atoms with Crippen molar-refractivity contribution in [3.8, 4) is 0 Å². The van der Waals surface area contributed by atoms with Gasteiger partial charge >= 0.3 is 11.9 Å². The quantitative estimate of drug-likeness (QED) is 0.0422. The topological polar surface area (TPSA) is 115 Å². The monoisotopic (exact) mass is 638 g/mol. The summed E-state index contributed by atoms with van der Waals surface area (Å²) < 4.78 is 0.214. The van der Waals surface area contributed by atoms with Crippen molar-refractivity contribution in [3.05, 3.63) is 12.2 Å². The summed E-state index contributed by atoms with van der Waals surface area (Å²) in [4.78, 5) is 35.9. The maximum absolute atomic E-state index is 12.0. The molecule has 0 aromatic rings. The molecular weight excluding hydrogens is 566 g/mol. The van der Waals surface area contributed by atoms with Gasteiger partial charge in [0.1, 0.15) is 11.8 Å². The zero-order valence-electron chi connectivity index (χ0n) is 29.7. The second kappa shape index (κ2) is 28.3. The highest BCUT2D eigenvalue weighted by Gasteiger charge is 2.39. The molecule has 0 aromatic carbocycles. The van der Waals surface area contributed by atoms with E-state index >= 15 is 0 Å². The van der Waals surface area contributed by atoms with Gasteiger partial charge in [-0.1, -0.05) is 123 Å². The molecule has 264 valence electrons. The zero-order valence-corrected chi connectivity index (χ0v) is 29.7. The Morgan fingerprint density at radius 2 is 0.867 bits per heavy atom. The Morgan fingerprint density at radius 3 is 1.20 bits per heavy atom. The van der Waals surface area contributed by atoms with Crippen molar-refractivity contribution >= 4 is 17.9 Å². The molecule has 0 aliphatic carbocycles. The van der Waals surface area contributed by atoms with E-state index in [0.29, 0.717) is 25.8 Å². The average molecular weight is 638 g/mol. The van der Waals surface area contributed by atoms with E-state index in [1.807, 2.05) is 13.8 Å². The van der Waals surface area contributed by atoms with Crippen LogP contribution in [-0.4, -0.2) is 58.8 Å². The summed E-state index contributed by atoms with van der Waals surface area (Å²) in [6.07, 6.45) is 29.8. The molecule has 45 heavy (non-hydrogen) atoms. The molecular formula is C38H71NO6. The number of carbonyl (C=O) groups is 3. The normalized spacial score (nSPS) is 15.1. The van der Waals surface area contributed by atoms with Crippen LogP contribution in [-0.2, 0) is 14.4 Å². The van der Waals surface area contributed by atoms with Crippen molar-refractivity contribution in [1.29, 1.82) is 0 Å². The van der Waals surface area contributed by atoms with E-state index in [4.69, 9.17) is 0 Å². The number of carboxylic acid groups (broad SMARTS) is 3. The summed E-state index contributed by atoms with van der Waals surface area (Å²) >= 11 is 0. The van der Waals surface area contributed by atoms with Gasteiger partial charge in [-0.3, -0.25) is 9.59 Å². The smallest absolute Gasteiger partial charge is 0.312 e. The number of hydrogen-bond donors (Lipinski definition) is 2. The number of carbonyl (C=O) groups excluding carboxylic acids is 1. The van der Waals surface area contributed by atoms with Crippen LogP contribution in [0.4, 0.5) is 0 Å². The predicted molar refractivity (Wildman–Crippen MR) is 184 cm³/mol. The lowest BCUT2D eigenvalue weighted by atomic mass is 9.95. The van der Waals surface area contributed by atoms with Crippen LogP contribution < -0.4 is 5.11 Å². The number of unbranched alkanes of at least 4 members (excludes halogenated alkanes) is 17. The molecule has 0 aliphatic heterocycles. The first-order chi connectivity index (χ1) is 21.7. The largest absolute Gasteiger partial charge is 0.550 e. The Balaban J connectivity index is 4.53. The standard InChI is InChI=1S/C38H71NO6/c1-5-9-10-11-12-13-14-15-16-17-18-19-20-21-22-23-24-25-26-27-28-29-39(30-33(6-2)36(40)41,31-34(7-3)37(42)43)32-35(8-4)38(44)45/h20-21,33-35H,5-19,22-32H2,1-4H3,(H2-,40,41,42,43,44,45)/b21-20+. The lowest BCUT2D eigenvalue weighted by molar-refractivity contribution is -0.935. The van der Waals surface area contributed by atoms with Gasteiger partial charge in [-0.2, -0.15) is 0 Å². The van der Waals surface area contributed by atoms with Crippen molar-refractivity contribution in [2.75, 3.05) is 26.2 Å². The van der Waals surface area contributed by atoms with Gasteiger partial charge in [0, 0.05) is 5.92 Å². The Kier molecular flexibility index (Phi) is 27.2. The van der Waals surface area contributed by atoms with Crippen molar-refractivity contribution < 1.29 is 34.2 Å². The van der Waals surface area contributed by atoms with Gasteiger partial charge in [0.05, 0.1) is 32.1 Å². The SMILES string of the molecule is CCCCCCCCCCCCC/C=C/CCCCCCCC[N+](CC(CC)C(=O)[O-])(CC(CC)C(=O)O)CC(CC)C(=O)O. The zero-order chi connectivity index (χ0) is 33.8. The van der Waals surface area contributed by atoms with Gasteiger partial charge in [-0.25, -0.2) is 0 Å². The summed E-state index contributed by atoms with van der Waals surface area (Å²) in [5.41, 5.74) is 0. The molecule has 0 heterocycles. The molecule has 0 saturated heterocycles. The van der Waals surface area contributed by atoms with Crippen LogP contribution in [0.1, 0.15) is 169 Å². The molecule has 3 unspecified atom stereocenters. The number of carboxylic acids is 3. The highest BCUT2D eigenvalue weighted by Crippen LogP contribution is 2.25. The maximum Gasteiger partial charge on any atom is 0.312 e. The molecule has 0 radical (unpaired) electrons. The molecule has 0 aliphatic rings. The Hall–Kier alpha value is -1.89. The van der Waals surface area contributed by atoms with E-state index in [1.165, 1.54) is 89.9 Å². The summed E-state index contributed by atoms with van der Waals surface area (Å²) in [6, 6.07) is 0. The van der Waals surface area contributed by atoms with Crippen molar-refractivity contribution in [2.24, 2.45) is 17.8 Å². The average Bonchev–Trinajstić information content (AvgIpc) is 3.01. The predicted octanol–water partition coefficient (Wildman–Crippen LogP) is 8.79. The van der Waals surface area contributed by atoms with Gasteiger partial charge in [0.15, 0.2) is 0 Å². The molecule has 0 spiro atoms. The van der Waals surface area contributed by atoms with Crippen LogP contribution in [0.15, 0.2) is 12.2 Å². The Bertz CT molecular complexity index is 722. The van der Waals surface area contributed by atoms with Gasteiger partial charge in [-0.15, -0.1) is 0 Å². The number of quaternary nitrogens is 1. The third-order valence-electron chi connectivity index (χ3n) is 9.73. The number of allylic oxidation sites excluding steroid dienone is 2. The van der Waals surface area contributed by atoms with Crippen LogP contribution in [0.3, 0.4) is 0 Å². The molecule has 0 rings (SSSR count). The highest BCUT2D eigenvalue weighted by atomic mass is 16.4. The molecule has 0 bridgehead atoms. The van der Waals surface area contributed by atoms with Gasteiger partial charge in [0.2, 0.25) is 0 Å². The summed E-state index contributed by atoms with van der Waals surface area (Å²) in [5.74, 6) is -4.96. The lowest BCUT2D eigenvalue weighted by Gasteiger charge is -2.44. The summed E-state index contributed by atoms with van der Waals surface area (Å²) in [5, 5.41) is 31.5. The van der Waals surface area contributed by atoms with Crippen LogP contribution in [0.25, 0.3) is 0 Å². The molecule has 7 heteroatoms. The molecule has 0 fully saturated rings.